The van der Waals surface area contributed by atoms with E-state index in [1.165, 1.54) is 20.8 Å². The Morgan fingerprint density at radius 1 is 0.477 bits per heavy atom. The normalized spacial score (nSPS) is 9.70. The van der Waals surface area contributed by atoms with Gasteiger partial charge in [0.05, 0.1) is 94.6 Å². The smallest absolute Gasteiger partial charge is 0.855 e. The second kappa shape index (κ2) is 42.4. The number of carbonyl (C=O) groups is 11. The van der Waals surface area contributed by atoms with Crippen molar-refractivity contribution in [2.24, 2.45) is 5.92 Å². The van der Waals surface area contributed by atoms with Crippen LogP contribution in [0.4, 0.5) is 22.7 Å². The number of esters is 6. The summed E-state index contributed by atoms with van der Waals surface area (Å²) in [6, 6.07) is 11.8. The molecule has 0 fully saturated rings. The fraction of sp³-hybridized carbons (Fsp3) is 0.288. The second-order valence-electron chi connectivity index (χ2n) is 15.3. The van der Waals surface area contributed by atoms with Crippen LogP contribution in [0, 0.1) is 46.4 Å². The van der Waals surface area contributed by atoms with Crippen LogP contribution in [0.1, 0.15) is 124 Å². The molecule has 0 spiro atoms. The van der Waals surface area contributed by atoms with Crippen LogP contribution < -0.4 is 10.2 Å². The van der Waals surface area contributed by atoms with E-state index in [0.717, 1.165) is 100 Å². The molecule has 0 saturated carbocycles. The van der Waals surface area contributed by atoms with Gasteiger partial charge in [0.25, 0.3) is 28.0 Å². The van der Waals surface area contributed by atoms with E-state index in [9.17, 15) is 98.3 Å². The van der Waals surface area contributed by atoms with Crippen LogP contribution in [-0.4, -0.2) is 172 Å². The number of rotatable bonds is 21. The Kier molecular flexibility index (Phi) is 39.4. The summed E-state index contributed by atoms with van der Waals surface area (Å²) in [7, 11) is 3.29. The fourth-order valence-electron chi connectivity index (χ4n) is 5.67. The number of Topliss-reactive ketones (excluding diaryl/α,β-unsaturated/α-hetero) is 2. The van der Waals surface area contributed by atoms with Gasteiger partial charge < -0.3 is 53.6 Å². The number of halogens is 1. The maximum absolute atomic E-state index is 12.6. The minimum absolute atomic E-state index is 0. The molecular weight excluding hydrogens is 1220 g/mol. The molecule has 0 aliphatic carbocycles. The Morgan fingerprint density at radius 3 is 1.03 bits per heavy atom. The number of ether oxygens (including phenoxy) is 7. The van der Waals surface area contributed by atoms with E-state index in [1.54, 1.807) is 20.8 Å². The summed E-state index contributed by atoms with van der Waals surface area (Å²) >= 11 is 5.19. The number of aromatic carboxylic acids is 2. The van der Waals surface area contributed by atoms with Crippen LogP contribution in [0.3, 0.4) is 0 Å². The number of carbonyl (C=O) groups excluding carboxylic acids is 9. The first-order valence-corrected chi connectivity index (χ1v) is 24.3. The molecule has 0 unspecified atom stereocenters. The molecule has 88 heavy (non-hydrogen) atoms. The first kappa shape index (κ1) is 81.8. The molecule has 0 bridgehead atoms. The van der Waals surface area contributed by atoms with Crippen molar-refractivity contribution >= 4 is 122 Å². The average molecular weight is 1270 g/mol. The number of non-ortho nitro benzene ring substituents is 4. The molecule has 2 N–H and O–H groups in total. The van der Waals surface area contributed by atoms with E-state index < -0.39 is 124 Å². The van der Waals surface area contributed by atoms with Crippen molar-refractivity contribution in [3.05, 3.63) is 170 Å². The van der Waals surface area contributed by atoms with Gasteiger partial charge in [-0.25, -0.2) is 28.8 Å². The molecule has 470 valence electrons. The number of carboxylic acid groups (broad SMARTS) is 2. The van der Waals surface area contributed by atoms with Gasteiger partial charge in [0.1, 0.15) is 0 Å². The summed E-state index contributed by atoms with van der Waals surface area (Å²) in [5.41, 5.74) is -3.52. The van der Waals surface area contributed by atoms with Gasteiger partial charge in [-0.05, 0) is 70.2 Å². The van der Waals surface area contributed by atoms with E-state index >= 15 is 0 Å². The molecular formula is C52H53ClMgN4O30. The minimum atomic E-state index is -1.96. The van der Waals surface area contributed by atoms with Gasteiger partial charge in [-0.3, -0.25) is 64.4 Å². The molecule has 0 amide bonds. The summed E-state index contributed by atoms with van der Waals surface area (Å²) in [6.07, 6.45) is 0.785. The number of benzene rings is 4. The Balaban J connectivity index is -0.00000104. The number of hydrogen-bond donors (Lipinski definition) is 2. The van der Waals surface area contributed by atoms with Crippen molar-refractivity contribution in [1.29, 1.82) is 0 Å². The molecule has 0 radical (unpaired) electrons. The van der Waals surface area contributed by atoms with Gasteiger partial charge in [0.2, 0.25) is 5.92 Å². The summed E-state index contributed by atoms with van der Waals surface area (Å²) < 4.78 is 31.6. The van der Waals surface area contributed by atoms with Gasteiger partial charge in [0, 0.05) is 71.3 Å². The number of nitro groups is 4. The summed E-state index contributed by atoms with van der Waals surface area (Å²) in [5.74, 6) is -12.3. The van der Waals surface area contributed by atoms with Crippen LogP contribution in [0.25, 0.3) is 0 Å². The van der Waals surface area contributed by atoms with Gasteiger partial charge in [-0.1, -0.05) is 13.8 Å². The summed E-state index contributed by atoms with van der Waals surface area (Å²) in [4.78, 5) is 164. The Hall–Kier alpha value is -10.4. The molecule has 4 aromatic carbocycles. The maximum atomic E-state index is 12.6. The van der Waals surface area contributed by atoms with Crippen LogP contribution in [-0.2, 0) is 47.5 Å². The maximum Gasteiger partial charge on any atom is 2.00 e. The predicted molar refractivity (Wildman–Crippen MR) is 294 cm³/mol. The molecule has 4 aromatic rings. The molecule has 0 aromatic heterocycles. The number of ketones is 2. The number of carboxylic acids is 2. The van der Waals surface area contributed by atoms with Gasteiger partial charge in [0.15, 0.2) is 11.6 Å². The van der Waals surface area contributed by atoms with Crippen molar-refractivity contribution in [1.82, 2.24) is 0 Å². The number of nitro benzene ring substituents is 4. The van der Waals surface area contributed by atoms with Gasteiger partial charge in [-0.15, -0.1) is 6.61 Å². The fourth-order valence-corrected chi connectivity index (χ4v) is 5.78. The predicted octanol–water partition coefficient (Wildman–Crippen LogP) is 4.42. The standard InChI is InChI=1S/C16H17NO9.C9H6ClNO5.C9H7NO6.C9H7NO5.C7H12O4.C2H5O.Mg/c1-4-25-15(20)12(16(21)26-5-2)13(18)9-6-10(14(19)24-3)8-11(7-9)17(22)23;1-16-9(13)6-2-5(8(10)12)3-7(4-6)11(14)15;1-16-9(13)6-2-5(8(11)12)3-7(4-6)10(14)15;1-5(11)6-2-7(9(12)13)4-8(3-6)10(14)15;1-3-10-6(8)5-7(9)11-4-2;1-2-3;/h6-8,12H,4-5H2,1-3H3;2-4H,1H3;2-4H,1H3,(H,11,12);2-4H,1H3,(H,12,13);5,8H,3-4H2,1-2H3;2H2,1H3;/q;;;;;-1;+2/p-1/b;;;;6-5+;;. The molecule has 0 atom stereocenters. The quantitative estimate of drug-likeness (QED) is 0.0111. The van der Waals surface area contributed by atoms with Crippen molar-refractivity contribution in [2.75, 3.05) is 54.4 Å². The zero-order chi connectivity index (χ0) is 67.4. The molecule has 4 rings (SSSR count). The van der Waals surface area contributed by atoms with Crippen LogP contribution >= 0.6 is 11.6 Å². The number of hydrogen-bond acceptors (Lipinski definition) is 28. The Bertz CT molecular complexity index is 3010. The molecule has 34 nitrogen and oxygen atoms in total. The first-order valence-electron chi connectivity index (χ1n) is 23.9. The van der Waals surface area contributed by atoms with Crippen molar-refractivity contribution in [2.45, 2.75) is 41.5 Å². The summed E-state index contributed by atoms with van der Waals surface area (Å²) in [5, 5.41) is 78.5. The van der Waals surface area contributed by atoms with Crippen molar-refractivity contribution in [3.8, 4) is 0 Å². The number of nitrogens with zero attached hydrogens (tertiary/aromatic N) is 4. The van der Waals surface area contributed by atoms with Gasteiger partial charge in [-0.2, -0.15) is 0 Å². The third kappa shape index (κ3) is 29.4. The molecule has 0 heterocycles. The topological polar surface area (TPSA) is 512 Å². The van der Waals surface area contributed by atoms with Crippen LogP contribution in [0.2, 0.25) is 0 Å². The monoisotopic (exact) mass is 1270 g/mol. The van der Waals surface area contributed by atoms with Crippen molar-refractivity contribution in [3.63, 3.8) is 0 Å². The van der Waals surface area contributed by atoms with Crippen LogP contribution in [0.5, 0.6) is 0 Å². The van der Waals surface area contributed by atoms with E-state index in [0.29, 0.717) is 0 Å². The molecule has 0 aliphatic rings. The third-order valence-corrected chi connectivity index (χ3v) is 9.52. The van der Waals surface area contributed by atoms with E-state index in [2.05, 4.69) is 23.7 Å². The minimum Gasteiger partial charge on any atom is -0.855 e. The van der Waals surface area contributed by atoms with Gasteiger partial charge >= 0.3 is 70.8 Å². The summed E-state index contributed by atoms with van der Waals surface area (Å²) in [6.45, 7) is 9.40. The molecule has 0 saturated heterocycles. The molecule has 36 heteroatoms. The first-order chi connectivity index (χ1) is 40.7. The largest absolute Gasteiger partial charge is 2.00 e. The molecule has 0 aliphatic heterocycles. The van der Waals surface area contributed by atoms with Crippen molar-refractivity contribution < 1.29 is 126 Å². The second-order valence-corrected chi connectivity index (χ2v) is 15.6. The van der Waals surface area contributed by atoms with E-state index in [1.807, 2.05) is 0 Å². The Labute approximate surface area is 517 Å². The third-order valence-electron chi connectivity index (χ3n) is 9.31. The van der Waals surface area contributed by atoms with Crippen LogP contribution in [0.15, 0.2) is 84.8 Å². The number of methoxy groups -OCH3 is 3. The SMILES string of the molecule is CC(=O)c1cc(C(=O)O)cc([N+](=O)[O-])c1.CCOC(=O)/C=C(\[O-])OCC.CCOC(=O)C(C(=O)OCC)C(=O)c1cc(C(=O)OC)cc([N+](=O)[O-])c1.CC[O-].COC(=O)c1cc(C(=O)Cl)cc([N+](=O)[O-])c1.COC(=O)c1cc(C(=O)O)cc([N+](=O)[O-])c1.[Mg+2]. The zero-order valence-corrected chi connectivity index (χ0v) is 50.0. The zero-order valence-electron chi connectivity index (χ0n) is 47.8. The average Bonchev–Trinajstić information content (AvgIpc) is 3.55. The Morgan fingerprint density at radius 2 is 0.750 bits per heavy atom. The van der Waals surface area contributed by atoms with E-state index in [4.69, 9.17) is 36.4 Å². The van der Waals surface area contributed by atoms with E-state index in [-0.39, 0.29) is 95.0 Å².